The Kier molecular flexibility index (Phi) is 6.30. The summed E-state index contributed by atoms with van der Waals surface area (Å²) in [6, 6.07) is 2.11. The molecule has 0 saturated carbocycles. The van der Waals surface area contributed by atoms with Gasteiger partial charge in [0.1, 0.15) is 0 Å². The van der Waals surface area contributed by atoms with Crippen LogP contribution in [0.3, 0.4) is 0 Å². The largest absolute Gasteiger partial charge is 0.503 e. The number of hydrogen-bond donors (Lipinski definition) is 3. The Labute approximate surface area is 154 Å². The van der Waals surface area contributed by atoms with Gasteiger partial charge in [0.25, 0.3) is 0 Å². The number of carbonyl (C=O) groups excluding carboxylic acids is 2. The van der Waals surface area contributed by atoms with Gasteiger partial charge >= 0.3 is 12.0 Å². The predicted molar refractivity (Wildman–Crippen MR) is 95.3 cm³/mol. The number of amides is 2. The van der Waals surface area contributed by atoms with Crippen molar-refractivity contribution in [2.75, 3.05) is 13.7 Å². The minimum Gasteiger partial charge on any atom is -0.503 e. The highest BCUT2D eigenvalue weighted by Crippen LogP contribution is 2.39. The molecule has 3 N–H and O–H groups in total. The second-order valence-corrected chi connectivity index (χ2v) is 6.30. The Morgan fingerprint density at radius 3 is 2.68 bits per heavy atom. The fourth-order valence-corrected chi connectivity index (χ4v) is 3.14. The number of esters is 1. The first-order chi connectivity index (χ1) is 11.9. The summed E-state index contributed by atoms with van der Waals surface area (Å²) in [5.41, 5.74) is 1.48. The number of allylic oxidation sites excluding steroid dienone is 1. The third-order valence-corrected chi connectivity index (χ3v) is 4.36. The van der Waals surface area contributed by atoms with Crippen molar-refractivity contribution >= 4 is 27.9 Å². The Hall–Kier alpha value is -2.22. The molecule has 0 bridgehead atoms. The second kappa shape index (κ2) is 8.24. The van der Waals surface area contributed by atoms with Crippen molar-refractivity contribution in [3.63, 3.8) is 0 Å². The molecule has 0 spiro atoms. The van der Waals surface area contributed by atoms with Gasteiger partial charge in [-0.15, -0.1) is 0 Å². The first-order valence-electron chi connectivity index (χ1n) is 7.96. The molecule has 1 heterocycles. The number of ether oxygens (including phenoxy) is 2. The summed E-state index contributed by atoms with van der Waals surface area (Å²) in [7, 11) is 1.43. The summed E-state index contributed by atoms with van der Waals surface area (Å²) >= 11 is 3.26. The maximum absolute atomic E-state index is 12.5. The normalized spacial score (nSPS) is 17.0. The molecule has 2 amide bonds. The zero-order chi connectivity index (χ0) is 18.6. The lowest BCUT2D eigenvalue weighted by atomic mass is 9.93. The molecule has 136 valence electrons. The van der Waals surface area contributed by atoms with E-state index in [0.29, 0.717) is 27.7 Å². The fourth-order valence-electron chi connectivity index (χ4n) is 2.68. The number of phenolic OH excluding ortho intramolecular Hbond substituents is 1. The average Bonchev–Trinajstić information content (AvgIpc) is 2.57. The van der Waals surface area contributed by atoms with Crippen LogP contribution < -0.4 is 15.4 Å². The number of nitrogens with one attached hydrogen (secondary N) is 2. The Balaban J connectivity index is 2.59. The van der Waals surface area contributed by atoms with Crippen LogP contribution in [0.2, 0.25) is 0 Å². The molecule has 0 aliphatic carbocycles. The van der Waals surface area contributed by atoms with Crippen molar-refractivity contribution in [1.29, 1.82) is 0 Å². The van der Waals surface area contributed by atoms with Gasteiger partial charge in [-0.3, -0.25) is 0 Å². The van der Waals surface area contributed by atoms with Gasteiger partial charge in [0.2, 0.25) is 0 Å². The molecule has 25 heavy (non-hydrogen) atoms. The van der Waals surface area contributed by atoms with Crippen LogP contribution in [0, 0.1) is 0 Å². The van der Waals surface area contributed by atoms with E-state index in [2.05, 4.69) is 26.6 Å². The van der Waals surface area contributed by atoms with Crippen molar-refractivity contribution in [3.8, 4) is 11.5 Å². The van der Waals surface area contributed by atoms with E-state index in [4.69, 9.17) is 9.47 Å². The van der Waals surface area contributed by atoms with Crippen molar-refractivity contribution in [1.82, 2.24) is 10.6 Å². The number of benzene rings is 1. The molecule has 0 aromatic heterocycles. The molecule has 7 nitrogen and oxygen atoms in total. The van der Waals surface area contributed by atoms with E-state index in [1.165, 1.54) is 7.11 Å². The molecular weight excluding hydrogens is 392 g/mol. The minimum atomic E-state index is -0.708. The van der Waals surface area contributed by atoms with Gasteiger partial charge < -0.3 is 25.2 Å². The van der Waals surface area contributed by atoms with Gasteiger partial charge in [0.05, 0.1) is 29.8 Å². The van der Waals surface area contributed by atoms with E-state index in [9.17, 15) is 14.7 Å². The van der Waals surface area contributed by atoms with Crippen LogP contribution in [-0.2, 0) is 9.53 Å². The zero-order valence-corrected chi connectivity index (χ0v) is 15.9. The van der Waals surface area contributed by atoms with E-state index >= 15 is 0 Å². The van der Waals surface area contributed by atoms with Gasteiger partial charge in [-0.2, -0.15) is 0 Å². The number of aromatic hydroxyl groups is 1. The lowest BCUT2D eigenvalue weighted by Crippen LogP contribution is -2.46. The topological polar surface area (TPSA) is 96.9 Å². The molecule has 2 rings (SSSR count). The number of urea groups is 1. The number of hydrogen-bond acceptors (Lipinski definition) is 5. The minimum absolute atomic E-state index is 0.0537. The highest BCUT2D eigenvalue weighted by molar-refractivity contribution is 9.10. The smallest absolute Gasteiger partial charge is 0.338 e. The van der Waals surface area contributed by atoms with Crippen LogP contribution >= 0.6 is 15.9 Å². The summed E-state index contributed by atoms with van der Waals surface area (Å²) in [6.07, 6.45) is 1.29. The lowest BCUT2D eigenvalue weighted by molar-refractivity contribution is -0.139. The highest BCUT2D eigenvalue weighted by Gasteiger charge is 2.34. The third kappa shape index (κ3) is 4.07. The Morgan fingerprint density at radius 2 is 2.08 bits per heavy atom. The number of phenols is 1. The highest BCUT2D eigenvalue weighted by atomic mass is 79.9. The molecule has 1 aliphatic heterocycles. The third-order valence-electron chi connectivity index (χ3n) is 3.75. The molecule has 8 heteroatoms. The molecule has 0 unspecified atom stereocenters. The van der Waals surface area contributed by atoms with Crippen LogP contribution in [0.1, 0.15) is 38.3 Å². The molecule has 1 aromatic rings. The van der Waals surface area contributed by atoms with Crippen molar-refractivity contribution in [2.24, 2.45) is 0 Å². The van der Waals surface area contributed by atoms with Crippen molar-refractivity contribution in [3.05, 3.63) is 33.4 Å². The van der Waals surface area contributed by atoms with Gasteiger partial charge in [0.15, 0.2) is 11.5 Å². The number of halogens is 1. The summed E-state index contributed by atoms with van der Waals surface area (Å²) in [6.45, 7) is 3.91. The number of methoxy groups -OCH3 is 1. The van der Waals surface area contributed by atoms with E-state index < -0.39 is 18.0 Å². The van der Waals surface area contributed by atoms with E-state index in [0.717, 1.165) is 6.42 Å². The lowest BCUT2D eigenvalue weighted by Gasteiger charge is -2.29. The maximum atomic E-state index is 12.5. The van der Waals surface area contributed by atoms with Crippen LogP contribution in [0.5, 0.6) is 11.5 Å². The van der Waals surface area contributed by atoms with Gasteiger partial charge in [-0.05, 0) is 47.0 Å². The van der Waals surface area contributed by atoms with Crippen LogP contribution in [0.4, 0.5) is 4.79 Å². The molecule has 1 aromatic carbocycles. The molecule has 0 radical (unpaired) electrons. The Morgan fingerprint density at radius 1 is 1.36 bits per heavy atom. The van der Waals surface area contributed by atoms with Crippen molar-refractivity contribution in [2.45, 2.75) is 32.7 Å². The standard InChI is InChI=1S/C17H21BrN2O5/c1-4-6-11-13(16(22)25-5-2)14(20-17(23)19-11)9-7-10(18)15(21)12(8-9)24-3/h7-8,14,21H,4-6H2,1-3H3,(H2,19,20,23)/t14-/m1/s1. The summed E-state index contributed by atoms with van der Waals surface area (Å²) in [5.74, 6) is -0.314. The average molecular weight is 413 g/mol. The van der Waals surface area contributed by atoms with Gasteiger partial charge in [-0.1, -0.05) is 13.3 Å². The van der Waals surface area contributed by atoms with Gasteiger partial charge in [0, 0.05) is 5.70 Å². The van der Waals surface area contributed by atoms with Crippen molar-refractivity contribution < 1.29 is 24.2 Å². The summed E-state index contributed by atoms with van der Waals surface area (Å²) in [4.78, 5) is 24.6. The van der Waals surface area contributed by atoms with E-state index in [-0.39, 0.29) is 18.1 Å². The first-order valence-corrected chi connectivity index (χ1v) is 8.76. The number of carbonyl (C=O) groups is 2. The second-order valence-electron chi connectivity index (χ2n) is 5.45. The number of rotatable bonds is 6. The van der Waals surface area contributed by atoms with Gasteiger partial charge in [-0.25, -0.2) is 9.59 Å². The molecule has 1 atom stereocenters. The molecule has 0 saturated heterocycles. The SMILES string of the molecule is CCCC1=C(C(=O)OCC)[C@@H](c2cc(Br)c(O)c(OC)c2)NC(=O)N1. The summed E-state index contributed by atoms with van der Waals surface area (Å²) in [5, 5.41) is 15.4. The predicted octanol–water partition coefficient (Wildman–Crippen LogP) is 3.13. The van der Waals surface area contributed by atoms with Crippen LogP contribution in [-0.4, -0.2) is 30.8 Å². The molecular formula is C17H21BrN2O5. The quantitative estimate of drug-likeness (QED) is 0.623. The van der Waals surface area contributed by atoms with E-state index in [1.807, 2.05) is 6.92 Å². The molecule has 1 aliphatic rings. The zero-order valence-electron chi connectivity index (χ0n) is 14.3. The van der Waals surface area contributed by atoms with Crippen LogP contribution in [0.15, 0.2) is 27.9 Å². The van der Waals surface area contributed by atoms with Crippen LogP contribution in [0.25, 0.3) is 0 Å². The first kappa shape index (κ1) is 19.1. The Bertz CT molecular complexity index is 717. The molecule has 0 fully saturated rings. The monoisotopic (exact) mass is 412 g/mol. The fraction of sp³-hybridized carbons (Fsp3) is 0.412. The van der Waals surface area contributed by atoms with E-state index in [1.54, 1.807) is 19.1 Å². The summed E-state index contributed by atoms with van der Waals surface area (Å²) < 4.78 is 10.7. The maximum Gasteiger partial charge on any atom is 0.338 e.